The van der Waals surface area contributed by atoms with Crippen LogP contribution >= 0.6 is 0 Å². The van der Waals surface area contributed by atoms with E-state index in [1.54, 1.807) is 6.21 Å². The molecule has 0 fully saturated rings. The minimum atomic E-state index is -0.504. The van der Waals surface area contributed by atoms with Crippen molar-refractivity contribution >= 4 is 6.21 Å². The molecule has 0 atom stereocenters. The summed E-state index contributed by atoms with van der Waals surface area (Å²) in [5.41, 5.74) is 2.25. The third-order valence-corrected chi connectivity index (χ3v) is 2.93. The van der Waals surface area contributed by atoms with E-state index in [-0.39, 0.29) is 12.2 Å². The van der Waals surface area contributed by atoms with Crippen LogP contribution in [0.15, 0.2) is 47.6 Å². The Morgan fingerprint density at radius 1 is 1.10 bits per heavy atom. The van der Waals surface area contributed by atoms with E-state index in [1.807, 2.05) is 24.3 Å². The van der Waals surface area contributed by atoms with E-state index in [4.69, 9.17) is 4.84 Å². The summed E-state index contributed by atoms with van der Waals surface area (Å²) in [4.78, 5) is 5.02. The van der Waals surface area contributed by atoms with E-state index in [9.17, 15) is 8.78 Å². The van der Waals surface area contributed by atoms with Crippen LogP contribution in [0.2, 0.25) is 0 Å². The molecule has 0 radical (unpaired) electrons. The summed E-state index contributed by atoms with van der Waals surface area (Å²) in [6.45, 7) is 1.95. The molecule has 2 aromatic carbocycles. The van der Waals surface area contributed by atoms with E-state index in [2.05, 4.69) is 12.1 Å². The van der Waals surface area contributed by atoms with Gasteiger partial charge in [-0.2, -0.15) is 0 Å². The Bertz CT molecular complexity index is 611. The van der Waals surface area contributed by atoms with Crippen LogP contribution in [0.5, 0.6) is 0 Å². The minimum Gasteiger partial charge on any atom is -0.391 e. The second-order valence-corrected chi connectivity index (χ2v) is 4.30. The normalized spacial score (nSPS) is 10.9. The van der Waals surface area contributed by atoms with Crippen molar-refractivity contribution in [2.45, 2.75) is 20.0 Å². The summed E-state index contributed by atoms with van der Waals surface area (Å²) in [6, 6.07) is 11.0. The summed E-state index contributed by atoms with van der Waals surface area (Å²) in [6.07, 6.45) is 2.47. The van der Waals surface area contributed by atoms with E-state index in [0.717, 1.165) is 35.7 Å². The fourth-order valence-corrected chi connectivity index (χ4v) is 1.84. The molecule has 2 aromatic rings. The van der Waals surface area contributed by atoms with Crippen LogP contribution in [0, 0.1) is 11.6 Å². The second-order valence-electron chi connectivity index (χ2n) is 4.30. The van der Waals surface area contributed by atoms with Crippen molar-refractivity contribution in [2.24, 2.45) is 5.16 Å². The molecule has 0 heterocycles. The predicted octanol–water partition coefficient (Wildman–Crippen LogP) is 4.08. The Morgan fingerprint density at radius 2 is 1.90 bits per heavy atom. The predicted molar refractivity (Wildman–Crippen MR) is 74.6 cm³/mol. The quantitative estimate of drug-likeness (QED) is 0.595. The molecule has 0 aromatic heterocycles. The Morgan fingerprint density at radius 3 is 2.70 bits per heavy atom. The van der Waals surface area contributed by atoms with Gasteiger partial charge in [-0.15, -0.1) is 0 Å². The standard InChI is InChI=1S/C16H15F2NO/c1-2-12-5-3-4-6-13(12)10-19-20-11-14-9-15(17)7-8-16(14)18/h3-10H,2,11H2,1H3. The number of halogens is 2. The largest absolute Gasteiger partial charge is 0.391 e. The van der Waals surface area contributed by atoms with Gasteiger partial charge in [0.25, 0.3) is 0 Å². The van der Waals surface area contributed by atoms with Crippen molar-refractivity contribution in [2.75, 3.05) is 0 Å². The first-order valence-corrected chi connectivity index (χ1v) is 6.38. The first-order chi connectivity index (χ1) is 9.70. The van der Waals surface area contributed by atoms with Gasteiger partial charge in [-0.1, -0.05) is 36.3 Å². The smallest absolute Gasteiger partial charge is 0.145 e. The van der Waals surface area contributed by atoms with Crippen molar-refractivity contribution in [1.29, 1.82) is 0 Å². The molecule has 0 N–H and O–H groups in total. The number of nitrogens with zero attached hydrogens (tertiary/aromatic N) is 1. The van der Waals surface area contributed by atoms with Gasteiger partial charge in [0.1, 0.15) is 18.2 Å². The first-order valence-electron chi connectivity index (χ1n) is 6.38. The van der Waals surface area contributed by atoms with Crippen LogP contribution in [0.3, 0.4) is 0 Å². The van der Waals surface area contributed by atoms with Crippen molar-refractivity contribution in [1.82, 2.24) is 0 Å². The minimum absolute atomic E-state index is 0.103. The molecule has 0 saturated carbocycles. The van der Waals surface area contributed by atoms with Crippen LogP contribution in [0.4, 0.5) is 8.78 Å². The summed E-state index contributed by atoms with van der Waals surface area (Å²) >= 11 is 0. The highest BCUT2D eigenvalue weighted by atomic mass is 19.1. The molecule has 2 rings (SSSR count). The maximum atomic E-state index is 13.3. The number of benzene rings is 2. The zero-order valence-electron chi connectivity index (χ0n) is 11.1. The van der Waals surface area contributed by atoms with Crippen molar-refractivity contribution in [3.8, 4) is 0 Å². The molecule has 20 heavy (non-hydrogen) atoms. The molecule has 0 bridgehead atoms. The number of aryl methyl sites for hydroxylation is 1. The SMILES string of the molecule is CCc1ccccc1C=NOCc1cc(F)ccc1F. The topological polar surface area (TPSA) is 21.6 Å². The number of hydrogen-bond acceptors (Lipinski definition) is 2. The molecule has 104 valence electrons. The summed E-state index contributed by atoms with van der Waals surface area (Å²) < 4.78 is 26.3. The maximum absolute atomic E-state index is 13.3. The van der Waals surface area contributed by atoms with Gasteiger partial charge in [0.2, 0.25) is 0 Å². The average molecular weight is 275 g/mol. The lowest BCUT2D eigenvalue weighted by Crippen LogP contribution is -1.95. The van der Waals surface area contributed by atoms with Gasteiger partial charge in [0.05, 0.1) is 6.21 Å². The van der Waals surface area contributed by atoms with Crippen LogP contribution in [0.1, 0.15) is 23.6 Å². The monoisotopic (exact) mass is 275 g/mol. The molecule has 2 nitrogen and oxygen atoms in total. The van der Waals surface area contributed by atoms with Crippen LogP contribution in [-0.4, -0.2) is 6.21 Å². The lowest BCUT2D eigenvalue weighted by atomic mass is 10.1. The molecule has 0 unspecified atom stereocenters. The maximum Gasteiger partial charge on any atom is 0.145 e. The fraction of sp³-hybridized carbons (Fsp3) is 0.188. The average Bonchev–Trinajstić information content (AvgIpc) is 2.47. The molecule has 0 aliphatic heterocycles. The third kappa shape index (κ3) is 3.63. The van der Waals surface area contributed by atoms with E-state index in [1.165, 1.54) is 0 Å². The molecule has 0 saturated heterocycles. The number of oxime groups is 1. The third-order valence-electron chi connectivity index (χ3n) is 2.93. The van der Waals surface area contributed by atoms with Crippen LogP contribution < -0.4 is 0 Å². The molecule has 0 spiro atoms. The summed E-state index contributed by atoms with van der Waals surface area (Å²) in [5, 5.41) is 3.80. The van der Waals surface area contributed by atoms with E-state index < -0.39 is 11.6 Å². The van der Waals surface area contributed by atoms with Crippen LogP contribution in [-0.2, 0) is 17.9 Å². The lowest BCUT2D eigenvalue weighted by Gasteiger charge is -2.03. The Balaban J connectivity index is 1.98. The highest BCUT2D eigenvalue weighted by Gasteiger charge is 2.03. The van der Waals surface area contributed by atoms with Crippen molar-refractivity contribution in [3.05, 3.63) is 70.8 Å². The van der Waals surface area contributed by atoms with E-state index in [0.29, 0.717) is 0 Å². The van der Waals surface area contributed by atoms with Gasteiger partial charge in [0.15, 0.2) is 0 Å². The molecular formula is C16H15F2NO. The van der Waals surface area contributed by atoms with Gasteiger partial charge in [0, 0.05) is 5.56 Å². The number of rotatable bonds is 5. The van der Waals surface area contributed by atoms with Crippen molar-refractivity contribution < 1.29 is 13.6 Å². The molecule has 0 amide bonds. The Labute approximate surface area is 116 Å². The zero-order valence-corrected chi connectivity index (χ0v) is 11.1. The molecular weight excluding hydrogens is 260 g/mol. The Hall–Kier alpha value is -2.23. The first kappa shape index (κ1) is 14.2. The summed E-state index contributed by atoms with van der Waals surface area (Å²) in [5.74, 6) is -0.999. The van der Waals surface area contributed by atoms with Gasteiger partial charge in [-0.05, 0) is 35.7 Å². The Kier molecular flexibility index (Phi) is 4.82. The fourth-order valence-electron chi connectivity index (χ4n) is 1.84. The highest BCUT2D eigenvalue weighted by molar-refractivity contribution is 5.81. The molecule has 0 aliphatic rings. The lowest BCUT2D eigenvalue weighted by molar-refractivity contribution is 0.129. The second kappa shape index (κ2) is 6.80. The zero-order chi connectivity index (χ0) is 14.4. The van der Waals surface area contributed by atoms with Gasteiger partial charge >= 0.3 is 0 Å². The van der Waals surface area contributed by atoms with E-state index >= 15 is 0 Å². The van der Waals surface area contributed by atoms with Gasteiger partial charge in [-0.3, -0.25) is 0 Å². The van der Waals surface area contributed by atoms with Gasteiger partial charge < -0.3 is 4.84 Å². The molecule has 4 heteroatoms. The van der Waals surface area contributed by atoms with Crippen molar-refractivity contribution in [3.63, 3.8) is 0 Å². The summed E-state index contributed by atoms with van der Waals surface area (Å²) in [7, 11) is 0. The number of hydrogen-bond donors (Lipinski definition) is 0. The van der Waals surface area contributed by atoms with Gasteiger partial charge in [-0.25, -0.2) is 8.78 Å². The molecule has 0 aliphatic carbocycles. The highest BCUT2D eigenvalue weighted by Crippen LogP contribution is 2.11. The van der Waals surface area contributed by atoms with Crippen LogP contribution in [0.25, 0.3) is 0 Å².